The highest BCUT2D eigenvalue weighted by atomic mass is 19.1. The highest BCUT2D eigenvalue weighted by Gasteiger charge is 2.19. The molecule has 0 atom stereocenters. The third-order valence-electron chi connectivity index (χ3n) is 2.44. The summed E-state index contributed by atoms with van der Waals surface area (Å²) in [5, 5.41) is 4.91. The molecule has 0 unspecified atom stereocenters. The first-order chi connectivity index (χ1) is 9.32. The summed E-state index contributed by atoms with van der Waals surface area (Å²) in [4.78, 5) is 23.0. The van der Waals surface area contributed by atoms with E-state index in [1.807, 2.05) is 0 Å². The van der Waals surface area contributed by atoms with E-state index in [0.717, 1.165) is 12.1 Å². The summed E-state index contributed by atoms with van der Waals surface area (Å²) in [6.45, 7) is 3.58. The molecule has 2 amide bonds. The van der Waals surface area contributed by atoms with Gasteiger partial charge in [0.1, 0.15) is 11.4 Å². The molecule has 0 spiro atoms. The summed E-state index contributed by atoms with van der Waals surface area (Å²) < 4.78 is 27.0. The Bertz CT molecular complexity index is 519. The van der Waals surface area contributed by atoms with Crippen molar-refractivity contribution in [1.82, 2.24) is 10.6 Å². The Morgan fingerprint density at radius 3 is 2.55 bits per heavy atom. The van der Waals surface area contributed by atoms with Crippen LogP contribution in [0.4, 0.5) is 14.5 Å². The van der Waals surface area contributed by atoms with Crippen LogP contribution in [0.3, 0.4) is 0 Å². The summed E-state index contributed by atoms with van der Waals surface area (Å²) in [5.41, 5.74) is 4.22. The lowest BCUT2D eigenvalue weighted by atomic mass is 10.1. The van der Waals surface area contributed by atoms with Crippen molar-refractivity contribution < 1.29 is 18.4 Å². The molecule has 4 N–H and O–H groups in total. The molecule has 0 aliphatic rings. The standard InChI is InChI=1S/C13H17F2N3O2/c1-7(2)18-10(19)5-6-17-13(20)11-8(14)3-4-9(16)12(11)15/h3-4,7H,5-6,16H2,1-2H3,(H,17,20)(H,18,19). The minimum absolute atomic E-state index is 0.0120. The van der Waals surface area contributed by atoms with Crippen molar-refractivity contribution in [2.45, 2.75) is 26.3 Å². The van der Waals surface area contributed by atoms with Gasteiger partial charge in [0.25, 0.3) is 5.91 Å². The first kappa shape index (κ1) is 15.9. The summed E-state index contributed by atoms with van der Waals surface area (Å²) in [6.07, 6.45) is 0.0233. The molecule has 0 saturated carbocycles. The van der Waals surface area contributed by atoms with Crippen LogP contribution in [-0.2, 0) is 4.79 Å². The van der Waals surface area contributed by atoms with E-state index in [-0.39, 0.29) is 30.6 Å². The molecule has 0 aromatic heterocycles. The second-order valence-corrected chi connectivity index (χ2v) is 4.55. The highest BCUT2D eigenvalue weighted by molar-refractivity contribution is 5.95. The fraction of sp³-hybridized carbons (Fsp3) is 0.385. The molecule has 0 bridgehead atoms. The van der Waals surface area contributed by atoms with E-state index in [1.165, 1.54) is 0 Å². The van der Waals surface area contributed by atoms with E-state index in [2.05, 4.69) is 10.6 Å². The van der Waals surface area contributed by atoms with Crippen LogP contribution in [0, 0.1) is 11.6 Å². The average molecular weight is 285 g/mol. The maximum Gasteiger partial charge on any atom is 0.257 e. The molecule has 0 radical (unpaired) electrons. The molecule has 5 nitrogen and oxygen atoms in total. The van der Waals surface area contributed by atoms with Crippen molar-refractivity contribution in [2.75, 3.05) is 12.3 Å². The molecule has 1 aromatic carbocycles. The molecule has 1 aromatic rings. The SMILES string of the molecule is CC(C)NC(=O)CCNC(=O)c1c(F)ccc(N)c1F. The Balaban J connectivity index is 2.60. The number of hydrogen-bond acceptors (Lipinski definition) is 3. The number of hydrogen-bond donors (Lipinski definition) is 3. The predicted molar refractivity (Wildman–Crippen MR) is 71.0 cm³/mol. The lowest BCUT2D eigenvalue weighted by Crippen LogP contribution is -2.34. The molecule has 7 heteroatoms. The Labute approximate surface area is 115 Å². The minimum Gasteiger partial charge on any atom is -0.396 e. The van der Waals surface area contributed by atoms with Crippen molar-refractivity contribution in [1.29, 1.82) is 0 Å². The van der Waals surface area contributed by atoms with Crippen LogP contribution in [0.1, 0.15) is 30.6 Å². The largest absolute Gasteiger partial charge is 0.396 e. The molecule has 0 fully saturated rings. The van der Waals surface area contributed by atoms with Gasteiger partial charge in [0.05, 0.1) is 5.69 Å². The third kappa shape index (κ3) is 4.18. The van der Waals surface area contributed by atoms with Gasteiger partial charge in [0, 0.05) is 19.0 Å². The Morgan fingerprint density at radius 2 is 1.95 bits per heavy atom. The molecule has 1 rings (SSSR count). The smallest absolute Gasteiger partial charge is 0.257 e. The maximum absolute atomic E-state index is 13.6. The topological polar surface area (TPSA) is 84.2 Å². The van der Waals surface area contributed by atoms with Gasteiger partial charge in [-0.2, -0.15) is 0 Å². The van der Waals surface area contributed by atoms with E-state index in [0.29, 0.717) is 0 Å². The monoisotopic (exact) mass is 285 g/mol. The Hall–Kier alpha value is -2.18. The molecule has 0 aliphatic carbocycles. The van der Waals surface area contributed by atoms with Gasteiger partial charge in [-0.05, 0) is 26.0 Å². The van der Waals surface area contributed by atoms with Crippen LogP contribution in [0.2, 0.25) is 0 Å². The van der Waals surface area contributed by atoms with Gasteiger partial charge < -0.3 is 16.4 Å². The number of rotatable bonds is 5. The number of nitrogens with two attached hydrogens (primary N) is 1. The molecule has 0 aliphatic heterocycles. The number of nitrogens with one attached hydrogen (secondary N) is 2. The van der Waals surface area contributed by atoms with Gasteiger partial charge in [-0.1, -0.05) is 0 Å². The van der Waals surface area contributed by atoms with Gasteiger partial charge in [-0.15, -0.1) is 0 Å². The number of halogens is 2. The number of carbonyl (C=O) groups is 2. The zero-order valence-electron chi connectivity index (χ0n) is 11.3. The van der Waals surface area contributed by atoms with Crippen molar-refractivity contribution in [2.24, 2.45) is 0 Å². The van der Waals surface area contributed by atoms with Crippen molar-refractivity contribution in [3.05, 3.63) is 29.3 Å². The van der Waals surface area contributed by atoms with E-state index >= 15 is 0 Å². The van der Waals surface area contributed by atoms with Gasteiger partial charge in [0.15, 0.2) is 5.82 Å². The highest BCUT2D eigenvalue weighted by Crippen LogP contribution is 2.18. The van der Waals surface area contributed by atoms with Gasteiger partial charge >= 0.3 is 0 Å². The van der Waals surface area contributed by atoms with E-state index in [1.54, 1.807) is 13.8 Å². The average Bonchev–Trinajstić information content (AvgIpc) is 2.33. The second-order valence-electron chi connectivity index (χ2n) is 4.55. The summed E-state index contributed by atoms with van der Waals surface area (Å²) in [6, 6.07) is 1.94. The van der Waals surface area contributed by atoms with E-state index < -0.39 is 23.1 Å². The summed E-state index contributed by atoms with van der Waals surface area (Å²) in [7, 11) is 0. The van der Waals surface area contributed by atoms with Crippen LogP contribution in [-0.4, -0.2) is 24.4 Å². The lowest BCUT2D eigenvalue weighted by molar-refractivity contribution is -0.121. The Morgan fingerprint density at radius 1 is 1.30 bits per heavy atom. The first-order valence-corrected chi connectivity index (χ1v) is 6.14. The number of amides is 2. The molecule has 110 valence electrons. The quantitative estimate of drug-likeness (QED) is 0.711. The second kappa shape index (κ2) is 6.83. The van der Waals surface area contributed by atoms with Crippen LogP contribution in [0.5, 0.6) is 0 Å². The predicted octanol–water partition coefficient (Wildman–Crippen LogP) is 1.19. The van der Waals surface area contributed by atoms with Crippen molar-refractivity contribution in [3.8, 4) is 0 Å². The fourth-order valence-electron chi connectivity index (χ4n) is 1.55. The molecular formula is C13H17F2N3O2. The van der Waals surface area contributed by atoms with Crippen LogP contribution in [0.15, 0.2) is 12.1 Å². The zero-order valence-corrected chi connectivity index (χ0v) is 11.3. The number of carbonyl (C=O) groups excluding carboxylic acids is 2. The Kier molecular flexibility index (Phi) is 5.42. The van der Waals surface area contributed by atoms with Gasteiger partial charge in [-0.3, -0.25) is 9.59 Å². The normalized spacial score (nSPS) is 10.4. The lowest BCUT2D eigenvalue weighted by Gasteiger charge is -2.10. The first-order valence-electron chi connectivity index (χ1n) is 6.14. The summed E-state index contributed by atoms with van der Waals surface area (Å²) >= 11 is 0. The van der Waals surface area contributed by atoms with Gasteiger partial charge in [-0.25, -0.2) is 8.78 Å². The number of anilines is 1. The zero-order chi connectivity index (χ0) is 15.3. The number of nitrogen functional groups attached to an aromatic ring is 1. The molecular weight excluding hydrogens is 268 g/mol. The van der Waals surface area contributed by atoms with Crippen LogP contribution < -0.4 is 16.4 Å². The van der Waals surface area contributed by atoms with Crippen LogP contribution in [0.25, 0.3) is 0 Å². The van der Waals surface area contributed by atoms with E-state index in [4.69, 9.17) is 5.73 Å². The van der Waals surface area contributed by atoms with Gasteiger partial charge in [0.2, 0.25) is 5.91 Å². The van der Waals surface area contributed by atoms with Crippen molar-refractivity contribution in [3.63, 3.8) is 0 Å². The van der Waals surface area contributed by atoms with E-state index in [9.17, 15) is 18.4 Å². The van der Waals surface area contributed by atoms with Crippen molar-refractivity contribution >= 4 is 17.5 Å². The molecule has 0 saturated heterocycles. The molecule has 0 heterocycles. The molecule has 20 heavy (non-hydrogen) atoms. The maximum atomic E-state index is 13.6. The number of benzene rings is 1. The van der Waals surface area contributed by atoms with Crippen LogP contribution >= 0.6 is 0 Å². The fourth-order valence-corrected chi connectivity index (χ4v) is 1.55. The minimum atomic E-state index is -1.10. The third-order valence-corrected chi connectivity index (χ3v) is 2.44. The summed E-state index contributed by atoms with van der Waals surface area (Å²) in [5.74, 6) is -3.30.